The zero-order valence-corrected chi connectivity index (χ0v) is 11.1. The predicted molar refractivity (Wildman–Crippen MR) is 68.1 cm³/mol. The molecule has 1 aliphatic rings. The van der Waals surface area contributed by atoms with Crippen LogP contribution in [-0.2, 0) is 0 Å². The van der Waals surface area contributed by atoms with Gasteiger partial charge in [0.05, 0.1) is 0 Å². The van der Waals surface area contributed by atoms with Crippen LogP contribution in [0.4, 0.5) is 0 Å². The molecule has 15 heavy (non-hydrogen) atoms. The Labute approximate surface area is 96.0 Å². The van der Waals surface area contributed by atoms with Crippen LogP contribution < -0.4 is 5.32 Å². The Morgan fingerprint density at radius 1 is 1.33 bits per heavy atom. The lowest BCUT2D eigenvalue weighted by Gasteiger charge is -2.34. The highest BCUT2D eigenvalue weighted by Gasteiger charge is 2.40. The summed E-state index contributed by atoms with van der Waals surface area (Å²) >= 11 is 0. The molecule has 0 amide bonds. The molecule has 0 heterocycles. The Bertz CT molecular complexity index is 176. The molecule has 1 rings (SSSR count). The molecule has 2 unspecified atom stereocenters. The fourth-order valence-corrected chi connectivity index (χ4v) is 3.19. The maximum atomic E-state index is 3.58. The third-order valence-corrected chi connectivity index (χ3v) is 4.39. The van der Waals surface area contributed by atoms with Gasteiger partial charge in [-0.3, -0.25) is 0 Å². The largest absolute Gasteiger partial charge is 0.316 e. The zero-order valence-electron chi connectivity index (χ0n) is 11.1. The smallest absolute Gasteiger partial charge is 0.00102 e. The molecule has 0 spiro atoms. The lowest BCUT2D eigenvalue weighted by atomic mass is 9.74. The van der Waals surface area contributed by atoms with Crippen molar-refractivity contribution in [3.8, 4) is 0 Å². The zero-order chi connectivity index (χ0) is 11.3. The first-order valence-corrected chi connectivity index (χ1v) is 6.85. The van der Waals surface area contributed by atoms with Crippen molar-refractivity contribution in [1.82, 2.24) is 5.32 Å². The van der Waals surface area contributed by atoms with E-state index in [1.807, 2.05) is 0 Å². The van der Waals surface area contributed by atoms with Gasteiger partial charge in [0.25, 0.3) is 0 Å². The van der Waals surface area contributed by atoms with Gasteiger partial charge in [-0.05, 0) is 43.1 Å². The second kappa shape index (κ2) is 5.89. The highest BCUT2D eigenvalue weighted by Crippen LogP contribution is 2.47. The molecule has 2 atom stereocenters. The van der Waals surface area contributed by atoms with E-state index in [4.69, 9.17) is 0 Å². The first-order valence-electron chi connectivity index (χ1n) is 6.85. The van der Waals surface area contributed by atoms with Crippen molar-refractivity contribution in [1.29, 1.82) is 0 Å². The van der Waals surface area contributed by atoms with Gasteiger partial charge in [0.15, 0.2) is 0 Å². The summed E-state index contributed by atoms with van der Waals surface area (Å²) in [5.74, 6) is 1.84. The minimum absolute atomic E-state index is 0.607. The molecule has 90 valence electrons. The van der Waals surface area contributed by atoms with Gasteiger partial charge in [0.2, 0.25) is 0 Å². The Balaban J connectivity index is 2.52. The molecule has 0 aromatic carbocycles. The topological polar surface area (TPSA) is 12.0 Å². The minimum Gasteiger partial charge on any atom is -0.316 e. The van der Waals surface area contributed by atoms with Crippen molar-refractivity contribution in [2.75, 3.05) is 13.1 Å². The fourth-order valence-electron chi connectivity index (χ4n) is 3.19. The van der Waals surface area contributed by atoms with Crippen LogP contribution >= 0.6 is 0 Å². The molecule has 0 saturated heterocycles. The van der Waals surface area contributed by atoms with E-state index >= 15 is 0 Å². The van der Waals surface area contributed by atoms with E-state index < -0.39 is 0 Å². The monoisotopic (exact) mass is 211 g/mol. The molecule has 0 aliphatic heterocycles. The van der Waals surface area contributed by atoms with Gasteiger partial charge in [-0.1, -0.05) is 40.5 Å². The van der Waals surface area contributed by atoms with Crippen LogP contribution in [0, 0.1) is 17.3 Å². The minimum atomic E-state index is 0.607. The lowest BCUT2D eigenvalue weighted by molar-refractivity contribution is 0.181. The Kier molecular flexibility index (Phi) is 5.11. The fraction of sp³-hybridized carbons (Fsp3) is 1.00. The average molecular weight is 211 g/mol. The molecule has 1 heteroatoms. The molecule has 0 radical (unpaired) electrons. The Morgan fingerprint density at radius 3 is 2.60 bits per heavy atom. The molecular weight excluding hydrogens is 182 g/mol. The standard InChI is InChI=1S/C14H29N/c1-5-7-13-8-9-14(10-13,12(3)4)11-15-6-2/h12-13,15H,5-11H2,1-4H3. The lowest BCUT2D eigenvalue weighted by Crippen LogP contribution is -2.36. The second-order valence-corrected chi connectivity index (χ2v) is 5.69. The van der Waals surface area contributed by atoms with Gasteiger partial charge >= 0.3 is 0 Å². The average Bonchev–Trinajstić information content (AvgIpc) is 2.61. The third-order valence-electron chi connectivity index (χ3n) is 4.39. The van der Waals surface area contributed by atoms with E-state index in [-0.39, 0.29) is 0 Å². The molecule has 0 aromatic rings. The summed E-state index contributed by atoms with van der Waals surface area (Å²) in [4.78, 5) is 0. The summed E-state index contributed by atoms with van der Waals surface area (Å²) in [6.45, 7) is 11.7. The van der Waals surface area contributed by atoms with Crippen LogP contribution in [0.2, 0.25) is 0 Å². The van der Waals surface area contributed by atoms with Crippen molar-refractivity contribution >= 4 is 0 Å². The van der Waals surface area contributed by atoms with E-state index in [2.05, 4.69) is 33.0 Å². The van der Waals surface area contributed by atoms with E-state index in [1.54, 1.807) is 0 Å². The van der Waals surface area contributed by atoms with E-state index in [0.717, 1.165) is 18.4 Å². The molecule has 1 saturated carbocycles. The Hall–Kier alpha value is -0.0400. The molecule has 1 N–H and O–H groups in total. The summed E-state index contributed by atoms with van der Waals surface area (Å²) in [5, 5.41) is 3.58. The maximum absolute atomic E-state index is 3.58. The molecule has 1 aliphatic carbocycles. The van der Waals surface area contributed by atoms with Crippen LogP contribution in [0.5, 0.6) is 0 Å². The van der Waals surface area contributed by atoms with Crippen molar-refractivity contribution in [2.45, 2.75) is 59.8 Å². The number of rotatable bonds is 6. The van der Waals surface area contributed by atoms with Crippen molar-refractivity contribution in [3.63, 3.8) is 0 Å². The summed E-state index contributed by atoms with van der Waals surface area (Å²) in [7, 11) is 0. The Morgan fingerprint density at radius 2 is 2.07 bits per heavy atom. The maximum Gasteiger partial charge on any atom is 0.00102 e. The molecule has 0 bridgehead atoms. The van der Waals surface area contributed by atoms with Gasteiger partial charge in [-0.2, -0.15) is 0 Å². The molecule has 0 aromatic heterocycles. The highest BCUT2D eigenvalue weighted by molar-refractivity contribution is 4.92. The van der Waals surface area contributed by atoms with Crippen LogP contribution in [0.25, 0.3) is 0 Å². The highest BCUT2D eigenvalue weighted by atomic mass is 14.9. The van der Waals surface area contributed by atoms with Crippen LogP contribution in [0.1, 0.15) is 59.8 Å². The van der Waals surface area contributed by atoms with Gasteiger partial charge in [0.1, 0.15) is 0 Å². The van der Waals surface area contributed by atoms with Crippen molar-refractivity contribution in [2.24, 2.45) is 17.3 Å². The quantitative estimate of drug-likeness (QED) is 0.704. The normalized spacial score (nSPS) is 31.4. The van der Waals surface area contributed by atoms with Crippen LogP contribution in [0.3, 0.4) is 0 Å². The van der Waals surface area contributed by atoms with Crippen LogP contribution in [0.15, 0.2) is 0 Å². The molecule has 1 fully saturated rings. The van der Waals surface area contributed by atoms with Crippen molar-refractivity contribution < 1.29 is 0 Å². The third kappa shape index (κ3) is 3.21. The van der Waals surface area contributed by atoms with Gasteiger partial charge in [0, 0.05) is 6.54 Å². The second-order valence-electron chi connectivity index (χ2n) is 5.69. The van der Waals surface area contributed by atoms with E-state index in [0.29, 0.717) is 5.41 Å². The van der Waals surface area contributed by atoms with Crippen LogP contribution in [-0.4, -0.2) is 13.1 Å². The van der Waals surface area contributed by atoms with E-state index in [1.165, 1.54) is 38.6 Å². The van der Waals surface area contributed by atoms with Gasteiger partial charge < -0.3 is 5.32 Å². The van der Waals surface area contributed by atoms with E-state index in [9.17, 15) is 0 Å². The van der Waals surface area contributed by atoms with Gasteiger partial charge in [-0.25, -0.2) is 0 Å². The SMILES string of the molecule is CCCC1CCC(CNCC)(C(C)C)C1. The summed E-state index contributed by atoms with van der Waals surface area (Å²) in [6, 6.07) is 0. The summed E-state index contributed by atoms with van der Waals surface area (Å²) < 4.78 is 0. The summed E-state index contributed by atoms with van der Waals surface area (Å²) in [6.07, 6.45) is 7.19. The molecule has 1 nitrogen and oxygen atoms in total. The van der Waals surface area contributed by atoms with Gasteiger partial charge in [-0.15, -0.1) is 0 Å². The first-order chi connectivity index (χ1) is 7.14. The summed E-state index contributed by atoms with van der Waals surface area (Å²) in [5.41, 5.74) is 0.607. The first kappa shape index (κ1) is 13.0. The number of hydrogen-bond acceptors (Lipinski definition) is 1. The number of hydrogen-bond donors (Lipinski definition) is 1. The van der Waals surface area contributed by atoms with Crippen molar-refractivity contribution in [3.05, 3.63) is 0 Å². The predicted octanol–water partition coefficient (Wildman–Crippen LogP) is 3.84. The molecular formula is C14H29N. The number of nitrogens with one attached hydrogen (secondary N) is 1.